The maximum atomic E-state index is 2.45. The second-order valence-corrected chi connectivity index (χ2v) is 10.2. The number of aryl methyl sites for hydroxylation is 1. The average molecular weight is 409 g/mol. The molecule has 0 aliphatic carbocycles. The number of hydrogen-bond donors (Lipinski definition) is 0. The maximum Gasteiger partial charge on any atom is 0.0184 e. The normalized spacial score (nSPS) is 11.2. The van der Waals surface area contributed by atoms with E-state index in [1.807, 2.05) is 0 Å². The predicted octanol–water partition coefficient (Wildman–Crippen LogP) is 9.18. The summed E-state index contributed by atoms with van der Waals surface area (Å²) in [5.74, 6) is 5.02. The van der Waals surface area contributed by atoms with Crippen LogP contribution in [0.1, 0.15) is 108 Å². The van der Waals surface area contributed by atoms with Gasteiger partial charge in [-0.2, -0.15) is 23.5 Å². The quantitative estimate of drug-likeness (QED) is 0.222. The van der Waals surface area contributed by atoms with Crippen molar-refractivity contribution in [1.29, 1.82) is 0 Å². The first-order chi connectivity index (χ1) is 13.3. The van der Waals surface area contributed by atoms with Gasteiger partial charge < -0.3 is 0 Å². The number of thioether (sulfide) groups is 2. The highest BCUT2D eigenvalue weighted by molar-refractivity contribution is 7.98. The van der Waals surface area contributed by atoms with Gasteiger partial charge in [0.15, 0.2) is 0 Å². The zero-order valence-corrected chi connectivity index (χ0v) is 20.0. The van der Waals surface area contributed by atoms with E-state index >= 15 is 0 Å². The second-order valence-electron chi connectivity index (χ2n) is 7.97. The molecule has 1 aromatic rings. The summed E-state index contributed by atoms with van der Waals surface area (Å²) in [6, 6.07) is 7.22. The van der Waals surface area contributed by atoms with Crippen LogP contribution in [0.25, 0.3) is 0 Å². The molecule has 0 bridgehead atoms. The van der Waals surface area contributed by atoms with Crippen LogP contribution in [-0.4, -0.2) is 11.5 Å². The van der Waals surface area contributed by atoms with Crippen molar-refractivity contribution >= 4 is 23.5 Å². The van der Waals surface area contributed by atoms with Crippen LogP contribution in [0.15, 0.2) is 18.2 Å². The molecule has 0 nitrogen and oxygen atoms in total. The highest BCUT2D eigenvalue weighted by Crippen LogP contribution is 2.21. The predicted molar refractivity (Wildman–Crippen MR) is 130 cm³/mol. The van der Waals surface area contributed by atoms with Crippen molar-refractivity contribution in [2.45, 2.75) is 109 Å². The van der Waals surface area contributed by atoms with Gasteiger partial charge in [0.25, 0.3) is 0 Å². The summed E-state index contributed by atoms with van der Waals surface area (Å²) < 4.78 is 0. The Morgan fingerprint density at radius 2 is 0.963 bits per heavy atom. The van der Waals surface area contributed by atoms with Crippen molar-refractivity contribution in [2.75, 3.05) is 11.5 Å². The van der Waals surface area contributed by atoms with Crippen LogP contribution in [0.2, 0.25) is 0 Å². The van der Waals surface area contributed by atoms with E-state index in [4.69, 9.17) is 0 Å². The summed E-state index contributed by atoms with van der Waals surface area (Å²) in [7, 11) is 0. The van der Waals surface area contributed by atoms with Crippen molar-refractivity contribution in [2.24, 2.45) is 0 Å². The number of benzene rings is 1. The molecular formula is C25H44S2. The molecule has 1 aromatic carbocycles. The molecule has 0 amide bonds. The highest BCUT2D eigenvalue weighted by atomic mass is 32.2. The van der Waals surface area contributed by atoms with E-state index in [9.17, 15) is 0 Å². The minimum Gasteiger partial charge on any atom is -0.157 e. The number of hydrogen-bond acceptors (Lipinski definition) is 2. The van der Waals surface area contributed by atoms with Gasteiger partial charge in [0.1, 0.15) is 0 Å². The van der Waals surface area contributed by atoms with Crippen LogP contribution in [0.4, 0.5) is 0 Å². The SMILES string of the molecule is CCCCCCCCSCc1cc(C)cc(CSCCCCCCCC)c1. The molecule has 0 spiro atoms. The summed E-state index contributed by atoms with van der Waals surface area (Å²) in [6.07, 6.45) is 16.9. The summed E-state index contributed by atoms with van der Waals surface area (Å²) in [5, 5.41) is 0. The van der Waals surface area contributed by atoms with Gasteiger partial charge in [-0.05, 0) is 42.4 Å². The fourth-order valence-corrected chi connectivity index (χ4v) is 5.37. The summed E-state index contributed by atoms with van der Waals surface area (Å²) in [4.78, 5) is 0. The zero-order chi connectivity index (χ0) is 19.6. The van der Waals surface area contributed by atoms with Gasteiger partial charge in [-0.15, -0.1) is 0 Å². The molecule has 0 saturated heterocycles. The largest absolute Gasteiger partial charge is 0.157 e. The lowest BCUT2D eigenvalue weighted by molar-refractivity contribution is 0.627. The van der Waals surface area contributed by atoms with Crippen molar-refractivity contribution in [3.05, 3.63) is 34.9 Å². The van der Waals surface area contributed by atoms with Crippen LogP contribution in [-0.2, 0) is 11.5 Å². The van der Waals surface area contributed by atoms with Gasteiger partial charge >= 0.3 is 0 Å². The molecule has 0 radical (unpaired) electrons. The first-order valence-corrected chi connectivity index (χ1v) is 13.8. The smallest absolute Gasteiger partial charge is 0.0184 e. The van der Waals surface area contributed by atoms with Crippen LogP contribution in [0, 0.1) is 6.92 Å². The lowest BCUT2D eigenvalue weighted by atomic mass is 10.1. The fraction of sp³-hybridized carbons (Fsp3) is 0.760. The number of unbranched alkanes of at least 4 members (excludes halogenated alkanes) is 10. The lowest BCUT2D eigenvalue weighted by Crippen LogP contribution is -1.91. The monoisotopic (exact) mass is 408 g/mol. The average Bonchev–Trinajstić information content (AvgIpc) is 2.65. The van der Waals surface area contributed by atoms with Crippen molar-refractivity contribution in [1.82, 2.24) is 0 Å². The molecule has 0 unspecified atom stereocenters. The van der Waals surface area contributed by atoms with E-state index in [0.29, 0.717) is 0 Å². The molecule has 0 aliphatic rings. The Bertz CT molecular complexity index is 417. The Morgan fingerprint density at radius 3 is 1.41 bits per heavy atom. The van der Waals surface area contributed by atoms with Crippen molar-refractivity contribution in [3.8, 4) is 0 Å². The van der Waals surface area contributed by atoms with Crippen LogP contribution in [0.3, 0.4) is 0 Å². The third-order valence-electron chi connectivity index (χ3n) is 5.02. The molecule has 156 valence electrons. The molecule has 0 N–H and O–H groups in total. The van der Waals surface area contributed by atoms with Gasteiger partial charge in [0.05, 0.1) is 0 Å². The second kappa shape index (κ2) is 18.0. The molecule has 2 heteroatoms. The first-order valence-electron chi connectivity index (χ1n) is 11.5. The number of rotatable bonds is 18. The third-order valence-corrected chi connectivity index (χ3v) is 7.25. The van der Waals surface area contributed by atoms with Crippen molar-refractivity contribution < 1.29 is 0 Å². The molecular weight excluding hydrogens is 364 g/mol. The molecule has 27 heavy (non-hydrogen) atoms. The Balaban J connectivity index is 2.14. The molecule has 0 saturated carbocycles. The minimum absolute atomic E-state index is 1.19. The molecule has 0 heterocycles. The van der Waals surface area contributed by atoms with E-state index in [-0.39, 0.29) is 0 Å². The molecule has 0 atom stereocenters. The van der Waals surface area contributed by atoms with Crippen LogP contribution in [0.5, 0.6) is 0 Å². The standard InChI is InChI=1S/C25H44S2/c1-4-6-8-10-12-14-16-26-21-24-18-23(3)19-25(20-24)22-27-17-15-13-11-9-7-5-2/h18-20H,4-17,21-22H2,1-3H3. The Morgan fingerprint density at radius 1 is 0.556 bits per heavy atom. The Hall–Kier alpha value is -0.0800. The summed E-state index contributed by atoms with van der Waals surface area (Å²) >= 11 is 4.24. The fourth-order valence-electron chi connectivity index (χ4n) is 3.46. The summed E-state index contributed by atoms with van der Waals surface area (Å²) in [5.41, 5.74) is 4.49. The van der Waals surface area contributed by atoms with Crippen LogP contribution >= 0.6 is 23.5 Å². The van der Waals surface area contributed by atoms with E-state index in [1.54, 1.807) is 0 Å². The molecule has 0 fully saturated rings. The minimum atomic E-state index is 1.19. The topological polar surface area (TPSA) is 0 Å². The molecule has 1 rings (SSSR count). The van der Waals surface area contributed by atoms with Gasteiger partial charge in [-0.1, -0.05) is 102 Å². The Labute approximate surface area is 179 Å². The van der Waals surface area contributed by atoms with Gasteiger partial charge in [0.2, 0.25) is 0 Å². The molecule has 0 aromatic heterocycles. The van der Waals surface area contributed by atoms with E-state index in [2.05, 4.69) is 62.5 Å². The highest BCUT2D eigenvalue weighted by Gasteiger charge is 2.01. The molecule has 0 aliphatic heterocycles. The third kappa shape index (κ3) is 14.6. The van der Waals surface area contributed by atoms with E-state index < -0.39 is 0 Å². The van der Waals surface area contributed by atoms with Gasteiger partial charge in [0, 0.05) is 11.5 Å². The lowest BCUT2D eigenvalue weighted by Gasteiger charge is -2.08. The van der Waals surface area contributed by atoms with Crippen LogP contribution < -0.4 is 0 Å². The summed E-state index contributed by atoms with van der Waals surface area (Å²) in [6.45, 7) is 6.84. The zero-order valence-electron chi connectivity index (χ0n) is 18.4. The first kappa shape index (κ1) is 25.0. The van der Waals surface area contributed by atoms with E-state index in [1.165, 1.54) is 117 Å². The van der Waals surface area contributed by atoms with Crippen molar-refractivity contribution in [3.63, 3.8) is 0 Å². The Kier molecular flexibility index (Phi) is 16.6. The van der Waals surface area contributed by atoms with Gasteiger partial charge in [-0.25, -0.2) is 0 Å². The van der Waals surface area contributed by atoms with Gasteiger partial charge in [-0.3, -0.25) is 0 Å². The van der Waals surface area contributed by atoms with E-state index in [0.717, 1.165) is 0 Å². The maximum absolute atomic E-state index is 2.45.